The van der Waals surface area contributed by atoms with Gasteiger partial charge < -0.3 is 15.6 Å². The van der Waals surface area contributed by atoms with Gasteiger partial charge in [-0.25, -0.2) is 0 Å². The highest BCUT2D eigenvalue weighted by atomic mass is 16.5. The molecule has 0 fully saturated rings. The largest absolute Gasteiger partial charge is 0.496 e. The third-order valence-electron chi connectivity index (χ3n) is 3.15. The van der Waals surface area contributed by atoms with Gasteiger partial charge in [0.15, 0.2) is 0 Å². The Bertz CT molecular complexity index is 596. The first kappa shape index (κ1) is 14.1. The topological polar surface area (TPSA) is 72.5 Å². The van der Waals surface area contributed by atoms with Crippen LogP contribution in [-0.2, 0) is 11.2 Å². The summed E-state index contributed by atoms with van der Waals surface area (Å²) in [7, 11) is 1.57. The van der Waals surface area contributed by atoms with Crippen molar-refractivity contribution in [2.24, 2.45) is 5.73 Å². The second-order valence-corrected chi connectivity index (χ2v) is 4.54. The van der Waals surface area contributed by atoms with Gasteiger partial charge in [-0.3, -0.25) is 4.79 Å². The minimum atomic E-state index is -1.01. The Labute approximate surface area is 117 Å². The van der Waals surface area contributed by atoms with Crippen LogP contribution in [0.15, 0.2) is 48.5 Å². The molecule has 1 atom stereocenters. The molecule has 4 nitrogen and oxygen atoms in total. The zero-order valence-corrected chi connectivity index (χ0v) is 11.2. The van der Waals surface area contributed by atoms with E-state index < -0.39 is 12.0 Å². The number of carboxylic acids is 1. The van der Waals surface area contributed by atoms with Crippen LogP contribution in [0.2, 0.25) is 0 Å². The number of rotatable bonds is 5. The van der Waals surface area contributed by atoms with E-state index in [9.17, 15) is 4.79 Å². The summed E-state index contributed by atoms with van der Waals surface area (Å²) < 4.78 is 5.34. The van der Waals surface area contributed by atoms with Crippen molar-refractivity contribution in [2.45, 2.75) is 12.5 Å². The quantitative estimate of drug-likeness (QED) is 0.875. The molecule has 2 rings (SSSR count). The van der Waals surface area contributed by atoms with Crippen molar-refractivity contribution in [3.05, 3.63) is 54.1 Å². The minimum Gasteiger partial charge on any atom is -0.496 e. The third kappa shape index (κ3) is 3.16. The van der Waals surface area contributed by atoms with Crippen LogP contribution in [0.25, 0.3) is 11.1 Å². The molecular weight excluding hydrogens is 254 g/mol. The standard InChI is InChI=1S/C16H17NO3/c1-20-15-10-12(11-5-3-2-4-6-11)7-8-13(15)9-14(17)16(18)19/h2-8,10,14H,9,17H2,1H3,(H,18,19)/t14-/m0/s1. The maximum Gasteiger partial charge on any atom is 0.320 e. The number of nitrogens with two attached hydrogens (primary N) is 1. The summed E-state index contributed by atoms with van der Waals surface area (Å²) in [6, 6.07) is 14.7. The molecule has 0 aromatic heterocycles. The summed E-state index contributed by atoms with van der Waals surface area (Å²) in [5, 5.41) is 8.87. The number of ether oxygens (including phenoxy) is 1. The molecule has 0 unspecified atom stereocenters. The first-order valence-corrected chi connectivity index (χ1v) is 6.32. The van der Waals surface area contributed by atoms with Gasteiger partial charge in [-0.1, -0.05) is 42.5 Å². The summed E-state index contributed by atoms with van der Waals surface area (Å²) in [6.45, 7) is 0. The fourth-order valence-corrected chi connectivity index (χ4v) is 2.05. The Morgan fingerprint density at radius 2 is 1.90 bits per heavy atom. The Morgan fingerprint density at radius 3 is 2.50 bits per heavy atom. The smallest absolute Gasteiger partial charge is 0.320 e. The molecule has 0 amide bonds. The average Bonchev–Trinajstić information content (AvgIpc) is 2.48. The Hall–Kier alpha value is -2.33. The molecule has 4 heteroatoms. The summed E-state index contributed by atoms with van der Waals surface area (Å²) in [5.41, 5.74) is 8.47. The predicted molar refractivity (Wildman–Crippen MR) is 77.7 cm³/mol. The van der Waals surface area contributed by atoms with Crippen LogP contribution < -0.4 is 10.5 Å². The van der Waals surface area contributed by atoms with E-state index in [0.29, 0.717) is 5.75 Å². The second-order valence-electron chi connectivity index (χ2n) is 4.54. The van der Waals surface area contributed by atoms with E-state index in [-0.39, 0.29) is 6.42 Å². The van der Waals surface area contributed by atoms with Gasteiger partial charge in [0, 0.05) is 6.42 Å². The number of hydrogen-bond acceptors (Lipinski definition) is 3. The zero-order valence-electron chi connectivity index (χ0n) is 11.2. The molecule has 3 N–H and O–H groups in total. The minimum absolute atomic E-state index is 0.244. The summed E-state index contributed by atoms with van der Waals surface area (Å²) in [6.07, 6.45) is 0.244. The van der Waals surface area contributed by atoms with E-state index in [0.717, 1.165) is 16.7 Å². The van der Waals surface area contributed by atoms with Crippen LogP contribution in [0.4, 0.5) is 0 Å². The van der Waals surface area contributed by atoms with Crippen LogP contribution in [0.1, 0.15) is 5.56 Å². The number of carbonyl (C=O) groups is 1. The molecule has 0 saturated carbocycles. The molecule has 0 aliphatic carbocycles. The maximum absolute atomic E-state index is 10.8. The van der Waals surface area contributed by atoms with Gasteiger partial charge in [0.2, 0.25) is 0 Å². The number of aliphatic carboxylic acids is 1. The van der Waals surface area contributed by atoms with Crippen molar-refractivity contribution in [3.8, 4) is 16.9 Å². The second kappa shape index (κ2) is 6.21. The summed E-state index contributed by atoms with van der Waals surface area (Å²) in [5.74, 6) is -0.359. The van der Waals surface area contributed by atoms with Crippen molar-refractivity contribution in [1.82, 2.24) is 0 Å². The SMILES string of the molecule is COc1cc(-c2ccccc2)ccc1C[C@H](N)C(=O)O. The van der Waals surface area contributed by atoms with E-state index in [1.807, 2.05) is 48.5 Å². The predicted octanol–water partition coefficient (Wildman–Crippen LogP) is 2.32. The fraction of sp³-hybridized carbons (Fsp3) is 0.188. The zero-order chi connectivity index (χ0) is 14.5. The lowest BCUT2D eigenvalue weighted by molar-refractivity contribution is -0.138. The van der Waals surface area contributed by atoms with Gasteiger partial charge in [0.1, 0.15) is 11.8 Å². The molecular formula is C16H17NO3. The molecule has 0 bridgehead atoms. The molecule has 104 valence electrons. The van der Waals surface area contributed by atoms with Gasteiger partial charge in [-0.15, -0.1) is 0 Å². The van der Waals surface area contributed by atoms with Crippen LogP contribution >= 0.6 is 0 Å². The van der Waals surface area contributed by atoms with Crippen LogP contribution in [0.5, 0.6) is 5.75 Å². The number of carboxylic acid groups (broad SMARTS) is 1. The van der Waals surface area contributed by atoms with Crippen molar-refractivity contribution >= 4 is 5.97 Å². The van der Waals surface area contributed by atoms with E-state index in [1.165, 1.54) is 0 Å². The van der Waals surface area contributed by atoms with Gasteiger partial charge in [0.25, 0.3) is 0 Å². The Kier molecular flexibility index (Phi) is 4.38. The average molecular weight is 271 g/mol. The molecule has 2 aromatic carbocycles. The van der Waals surface area contributed by atoms with Gasteiger partial charge in [-0.05, 0) is 22.8 Å². The lowest BCUT2D eigenvalue weighted by Crippen LogP contribution is -2.32. The molecule has 0 aliphatic rings. The van der Waals surface area contributed by atoms with Gasteiger partial charge in [0.05, 0.1) is 7.11 Å². The summed E-state index contributed by atoms with van der Waals surface area (Å²) in [4.78, 5) is 10.8. The van der Waals surface area contributed by atoms with Crippen molar-refractivity contribution in [3.63, 3.8) is 0 Å². The van der Waals surface area contributed by atoms with Crippen LogP contribution in [0.3, 0.4) is 0 Å². The van der Waals surface area contributed by atoms with Crippen molar-refractivity contribution in [1.29, 1.82) is 0 Å². The van der Waals surface area contributed by atoms with Crippen molar-refractivity contribution in [2.75, 3.05) is 7.11 Å². The fourth-order valence-electron chi connectivity index (χ4n) is 2.05. The molecule has 0 radical (unpaired) electrons. The number of benzene rings is 2. The van der Waals surface area contributed by atoms with Crippen LogP contribution in [-0.4, -0.2) is 24.2 Å². The molecule has 0 spiro atoms. The molecule has 2 aromatic rings. The molecule has 0 aliphatic heterocycles. The Balaban J connectivity index is 2.31. The highest BCUT2D eigenvalue weighted by Gasteiger charge is 2.15. The highest BCUT2D eigenvalue weighted by Crippen LogP contribution is 2.27. The monoisotopic (exact) mass is 271 g/mol. The third-order valence-corrected chi connectivity index (χ3v) is 3.15. The summed E-state index contributed by atoms with van der Waals surface area (Å²) >= 11 is 0. The first-order valence-electron chi connectivity index (χ1n) is 6.32. The van der Waals surface area contributed by atoms with Gasteiger partial charge in [-0.2, -0.15) is 0 Å². The first-order chi connectivity index (χ1) is 9.61. The van der Waals surface area contributed by atoms with E-state index in [4.69, 9.17) is 15.6 Å². The van der Waals surface area contributed by atoms with Crippen LogP contribution in [0, 0.1) is 0 Å². The van der Waals surface area contributed by atoms with E-state index in [1.54, 1.807) is 7.11 Å². The lowest BCUT2D eigenvalue weighted by Gasteiger charge is -2.13. The van der Waals surface area contributed by atoms with Gasteiger partial charge >= 0.3 is 5.97 Å². The number of hydrogen-bond donors (Lipinski definition) is 2. The Morgan fingerprint density at radius 1 is 1.20 bits per heavy atom. The normalized spacial score (nSPS) is 11.9. The van der Waals surface area contributed by atoms with Crippen molar-refractivity contribution < 1.29 is 14.6 Å². The molecule has 0 heterocycles. The lowest BCUT2D eigenvalue weighted by atomic mass is 10.00. The number of methoxy groups -OCH3 is 1. The maximum atomic E-state index is 10.8. The van der Waals surface area contributed by atoms with E-state index >= 15 is 0 Å². The molecule has 20 heavy (non-hydrogen) atoms. The highest BCUT2D eigenvalue weighted by molar-refractivity contribution is 5.74. The molecule has 0 saturated heterocycles. The van der Waals surface area contributed by atoms with E-state index in [2.05, 4.69) is 0 Å².